The molecule has 76 valence electrons. The summed E-state index contributed by atoms with van der Waals surface area (Å²) >= 11 is 0. The molecule has 1 rings (SSSR count). The number of halogens is 2. The van der Waals surface area contributed by atoms with Crippen LogP contribution >= 0.6 is 0 Å². The van der Waals surface area contributed by atoms with Crippen LogP contribution in [0.3, 0.4) is 0 Å². The third-order valence-electron chi connectivity index (χ3n) is 1.45. The van der Waals surface area contributed by atoms with Crippen LogP contribution in [0.1, 0.15) is 22.5 Å². The van der Waals surface area contributed by atoms with Crippen molar-refractivity contribution in [2.75, 3.05) is 7.11 Å². The van der Waals surface area contributed by atoms with Gasteiger partial charge in [-0.1, -0.05) is 0 Å². The Morgan fingerprint density at radius 1 is 1.57 bits per heavy atom. The predicted molar refractivity (Wildman–Crippen MR) is 40.5 cm³/mol. The van der Waals surface area contributed by atoms with E-state index in [-0.39, 0.29) is 5.88 Å². The summed E-state index contributed by atoms with van der Waals surface area (Å²) in [5, 5.41) is 14.9. The fraction of sp³-hybridized carbons (Fsp3) is 0.286. The lowest BCUT2D eigenvalue weighted by atomic mass is 10.2. The van der Waals surface area contributed by atoms with Crippen molar-refractivity contribution >= 4 is 5.97 Å². The fourth-order valence-electron chi connectivity index (χ4n) is 0.820. The minimum absolute atomic E-state index is 0.148. The summed E-state index contributed by atoms with van der Waals surface area (Å²) in [4.78, 5) is 10.4. The Morgan fingerprint density at radius 2 is 2.21 bits per heavy atom. The van der Waals surface area contributed by atoms with Gasteiger partial charge in [0, 0.05) is 6.07 Å². The second kappa shape index (κ2) is 3.95. The highest BCUT2D eigenvalue weighted by Crippen LogP contribution is 2.23. The standard InChI is InChI=1S/C7H6F2N2O3/c1-14-4-2-3(6(8)9)5(7(12)13)11-10-4/h2,6H,1H3,(H,12,13). The average molecular weight is 204 g/mol. The van der Waals surface area contributed by atoms with Crippen LogP contribution in [0.5, 0.6) is 5.88 Å². The van der Waals surface area contributed by atoms with Crippen molar-refractivity contribution in [3.05, 3.63) is 17.3 Å². The second-order valence-corrected chi connectivity index (χ2v) is 2.30. The van der Waals surface area contributed by atoms with Crippen LogP contribution in [-0.4, -0.2) is 28.4 Å². The summed E-state index contributed by atoms with van der Waals surface area (Å²) in [6.45, 7) is 0. The SMILES string of the molecule is COc1cc(C(F)F)c(C(=O)O)nn1. The highest BCUT2D eigenvalue weighted by atomic mass is 19.3. The molecule has 0 unspecified atom stereocenters. The van der Waals surface area contributed by atoms with Gasteiger partial charge in [-0.2, -0.15) is 0 Å². The van der Waals surface area contributed by atoms with Crippen LogP contribution in [0.15, 0.2) is 6.07 Å². The number of aromatic nitrogens is 2. The predicted octanol–water partition coefficient (Wildman–Crippen LogP) is 1.12. The number of aromatic carboxylic acids is 1. The molecule has 0 saturated carbocycles. The molecule has 0 spiro atoms. The van der Waals surface area contributed by atoms with Gasteiger partial charge in [-0.25, -0.2) is 13.6 Å². The third-order valence-corrected chi connectivity index (χ3v) is 1.45. The molecule has 0 aliphatic heterocycles. The van der Waals surface area contributed by atoms with Crippen molar-refractivity contribution < 1.29 is 23.4 Å². The molecule has 0 atom stereocenters. The second-order valence-electron chi connectivity index (χ2n) is 2.30. The van der Waals surface area contributed by atoms with E-state index in [1.807, 2.05) is 0 Å². The molecule has 0 aromatic carbocycles. The molecule has 1 aromatic rings. The van der Waals surface area contributed by atoms with Crippen molar-refractivity contribution in [1.82, 2.24) is 10.2 Å². The normalized spacial score (nSPS) is 10.3. The molecule has 0 amide bonds. The summed E-state index contributed by atoms with van der Waals surface area (Å²) in [5.74, 6) is -1.69. The molecule has 14 heavy (non-hydrogen) atoms. The first-order valence-corrected chi connectivity index (χ1v) is 3.49. The number of ether oxygens (including phenoxy) is 1. The monoisotopic (exact) mass is 204 g/mol. The Labute approximate surface area is 77.3 Å². The first-order valence-electron chi connectivity index (χ1n) is 3.49. The molecule has 0 aliphatic carbocycles. The molecule has 0 fully saturated rings. The minimum atomic E-state index is -2.93. The lowest BCUT2D eigenvalue weighted by Crippen LogP contribution is -2.08. The molecular weight excluding hydrogens is 198 g/mol. The van der Waals surface area contributed by atoms with Crippen molar-refractivity contribution in [3.8, 4) is 5.88 Å². The van der Waals surface area contributed by atoms with E-state index < -0.39 is 23.7 Å². The van der Waals surface area contributed by atoms with Crippen molar-refractivity contribution in [2.24, 2.45) is 0 Å². The van der Waals surface area contributed by atoms with E-state index in [0.717, 1.165) is 6.07 Å². The minimum Gasteiger partial charge on any atom is -0.480 e. The van der Waals surface area contributed by atoms with Crippen molar-refractivity contribution in [2.45, 2.75) is 6.43 Å². The van der Waals surface area contributed by atoms with Gasteiger partial charge < -0.3 is 9.84 Å². The number of rotatable bonds is 3. The summed E-state index contributed by atoms with van der Waals surface area (Å²) < 4.78 is 29.2. The zero-order valence-electron chi connectivity index (χ0n) is 7.07. The zero-order chi connectivity index (χ0) is 10.7. The van der Waals surface area contributed by atoms with Gasteiger partial charge in [0.2, 0.25) is 5.88 Å². The van der Waals surface area contributed by atoms with Gasteiger partial charge in [0.15, 0.2) is 5.69 Å². The Balaban J connectivity index is 3.24. The van der Waals surface area contributed by atoms with Gasteiger partial charge in [0.1, 0.15) is 0 Å². The van der Waals surface area contributed by atoms with Crippen molar-refractivity contribution in [3.63, 3.8) is 0 Å². The Bertz CT molecular complexity index is 357. The topological polar surface area (TPSA) is 72.3 Å². The van der Waals surface area contributed by atoms with Gasteiger partial charge in [0.05, 0.1) is 12.7 Å². The first-order chi connectivity index (χ1) is 6.56. The lowest BCUT2D eigenvalue weighted by Gasteiger charge is -2.04. The maximum Gasteiger partial charge on any atom is 0.356 e. The van der Waals surface area contributed by atoms with Gasteiger partial charge >= 0.3 is 5.97 Å². The maximum atomic E-state index is 12.3. The van der Waals surface area contributed by atoms with Crippen LogP contribution in [0.2, 0.25) is 0 Å². The van der Waals surface area contributed by atoms with Crippen LogP contribution in [0, 0.1) is 0 Å². The maximum absolute atomic E-state index is 12.3. The molecule has 0 saturated heterocycles. The molecule has 1 aromatic heterocycles. The Hall–Kier alpha value is -1.79. The van der Waals surface area contributed by atoms with E-state index in [4.69, 9.17) is 5.11 Å². The van der Waals surface area contributed by atoms with Crippen LogP contribution < -0.4 is 4.74 Å². The van der Waals surface area contributed by atoms with Gasteiger partial charge in [-0.05, 0) is 0 Å². The molecular formula is C7H6F2N2O3. The molecule has 1 heterocycles. The van der Waals surface area contributed by atoms with Crippen molar-refractivity contribution in [1.29, 1.82) is 0 Å². The first kappa shape index (κ1) is 10.3. The molecule has 0 bridgehead atoms. The average Bonchev–Trinajstić information content (AvgIpc) is 2.16. The number of alkyl halides is 2. The van der Waals surface area contributed by atoms with E-state index in [1.165, 1.54) is 7.11 Å². The van der Waals surface area contributed by atoms with Gasteiger partial charge in [-0.3, -0.25) is 0 Å². The molecule has 5 nitrogen and oxygen atoms in total. The summed E-state index contributed by atoms with van der Waals surface area (Å²) in [5.41, 5.74) is -1.47. The smallest absolute Gasteiger partial charge is 0.356 e. The summed E-state index contributed by atoms with van der Waals surface area (Å²) in [6.07, 6.45) is -2.93. The Kier molecular flexibility index (Phi) is 2.90. The number of carbonyl (C=O) groups is 1. The van der Waals surface area contributed by atoms with E-state index in [2.05, 4.69) is 14.9 Å². The highest BCUT2D eigenvalue weighted by molar-refractivity contribution is 5.87. The summed E-state index contributed by atoms with van der Waals surface area (Å²) in [7, 11) is 1.22. The number of methoxy groups -OCH3 is 1. The molecule has 7 heteroatoms. The lowest BCUT2D eigenvalue weighted by molar-refractivity contribution is 0.0675. The summed E-state index contributed by atoms with van der Waals surface area (Å²) in [6, 6.07) is 0.848. The van der Waals surface area contributed by atoms with E-state index >= 15 is 0 Å². The number of carboxylic acids is 1. The van der Waals surface area contributed by atoms with E-state index in [9.17, 15) is 13.6 Å². The van der Waals surface area contributed by atoms with E-state index in [1.54, 1.807) is 0 Å². The van der Waals surface area contributed by atoms with Crippen LogP contribution in [0.25, 0.3) is 0 Å². The van der Waals surface area contributed by atoms with E-state index in [0.29, 0.717) is 0 Å². The number of hydrogen-bond donors (Lipinski definition) is 1. The Morgan fingerprint density at radius 3 is 2.64 bits per heavy atom. The van der Waals surface area contributed by atoms with Gasteiger partial charge in [0.25, 0.3) is 6.43 Å². The number of hydrogen-bond acceptors (Lipinski definition) is 4. The van der Waals surface area contributed by atoms with Crippen LogP contribution in [-0.2, 0) is 0 Å². The quantitative estimate of drug-likeness (QED) is 0.798. The van der Waals surface area contributed by atoms with Gasteiger partial charge in [-0.15, -0.1) is 10.2 Å². The number of nitrogens with zero attached hydrogens (tertiary/aromatic N) is 2. The molecule has 1 N–H and O–H groups in total. The highest BCUT2D eigenvalue weighted by Gasteiger charge is 2.21. The van der Waals surface area contributed by atoms with Crippen LogP contribution in [0.4, 0.5) is 8.78 Å². The largest absolute Gasteiger partial charge is 0.480 e. The fourth-order valence-corrected chi connectivity index (χ4v) is 0.820. The molecule has 0 aliphatic rings. The number of carboxylic acid groups (broad SMARTS) is 1. The zero-order valence-corrected chi connectivity index (χ0v) is 7.07. The molecule has 0 radical (unpaired) electrons. The third kappa shape index (κ3) is 1.93.